The first kappa shape index (κ1) is 11.9. The molecule has 2 rings (SSSR count). The molecule has 1 amide bonds. The molecule has 0 bridgehead atoms. The van der Waals surface area contributed by atoms with E-state index in [1.165, 1.54) is 0 Å². The molecule has 5 nitrogen and oxygen atoms in total. The first-order valence-electron chi connectivity index (χ1n) is 5.67. The van der Waals surface area contributed by atoms with E-state index in [2.05, 4.69) is 11.4 Å². The summed E-state index contributed by atoms with van der Waals surface area (Å²) in [7, 11) is 0. The van der Waals surface area contributed by atoms with Crippen LogP contribution >= 0.6 is 12.2 Å². The lowest BCUT2D eigenvalue weighted by Gasteiger charge is -2.22. The van der Waals surface area contributed by atoms with Crippen molar-refractivity contribution in [2.45, 2.75) is 19.8 Å². The molecule has 0 aromatic rings. The number of amides is 1. The van der Waals surface area contributed by atoms with Crippen LogP contribution < -0.4 is 5.32 Å². The van der Waals surface area contributed by atoms with E-state index in [0.29, 0.717) is 23.9 Å². The van der Waals surface area contributed by atoms with Crippen LogP contribution in [0, 0.1) is 11.3 Å². The van der Waals surface area contributed by atoms with Crippen molar-refractivity contribution in [1.29, 1.82) is 5.26 Å². The Balaban J connectivity index is 2.38. The van der Waals surface area contributed by atoms with Crippen LogP contribution in [0.2, 0.25) is 0 Å². The zero-order valence-electron chi connectivity index (χ0n) is 9.69. The number of hydrogen-bond donors (Lipinski definition) is 1. The highest BCUT2D eigenvalue weighted by Crippen LogP contribution is 2.28. The van der Waals surface area contributed by atoms with Crippen molar-refractivity contribution in [1.82, 2.24) is 15.1 Å². The Bertz CT molecular complexity index is 437. The molecule has 0 saturated carbocycles. The van der Waals surface area contributed by atoms with E-state index in [0.717, 1.165) is 25.1 Å². The first-order valence-corrected chi connectivity index (χ1v) is 6.07. The number of hydrogen-bond acceptors (Lipinski definition) is 4. The molecule has 0 radical (unpaired) electrons. The highest BCUT2D eigenvalue weighted by atomic mass is 32.1. The van der Waals surface area contributed by atoms with Crippen LogP contribution in [0.15, 0.2) is 11.4 Å². The third-order valence-electron chi connectivity index (χ3n) is 3.03. The maximum atomic E-state index is 11.9. The van der Waals surface area contributed by atoms with Gasteiger partial charge in [-0.15, -0.1) is 0 Å². The second-order valence-corrected chi connectivity index (χ2v) is 4.37. The third-order valence-corrected chi connectivity index (χ3v) is 3.35. The van der Waals surface area contributed by atoms with Crippen LogP contribution in [0.25, 0.3) is 0 Å². The normalized spacial score (nSPS) is 24.2. The lowest BCUT2D eigenvalue weighted by Crippen LogP contribution is -2.28. The number of likely N-dealkylation sites (tertiary alicyclic amines) is 1. The molecule has 1 N–H and O–H groups in total. The standard InChI is InChI=1S/C11H14N4OS/c1-2-15-9(10(16)13-11(15)17)8-4-3-6-14(8)7-5-12/h2-4,6-7H2,1H3,(H,13,16,17). The molecule has 0 spiro atoms. The monoisotopic (exact) mass is 250 g/mol. The molecule has 90 valence electrons. The maximum Gasteiger partial charge on any atom is 0.275 e. The summed E-state index contributed by atoms with van der Waals surface area (Å²) in [5.41, 5.74) is 1.58. The van der Waals surface area contributed by atoms with Gasteiger partial charge in [-0.3, -0.25) is 10.1 Å². The van der Waals surface area contributed by atoms with Gasteiger partial charge in [0, 0.05) is 18.8 Å². The minimum atomic E-state index is -0.142. The first-order chi connectivity index (χ1) is 8.19. The molecule has 2 aliphatic heterocycles. The van der Waals surface area contributed by atoms with Gasteiger partial charge in [-0.25, -0.2) is 0 Å². The Morgan fingerprint density at radius 3 is 3.00 bits per heavy atom. The summed E-state index contributed by atoms with van der Waals surface area (Å²) >= 11 is 5.11. The minimum Gasteiger partial charge on any atom is -0.360 e. The minimum absolute atomic E-state index is 0.142. The quantitative estimate of drug-likeness (QED) is 0.441. The van der Waals surface area contributed by atoms with Gasteiger partial charge in [0.05, 0.1) is 6.07 Å². The van der Waals surface area contributed by atoms with Crippen LogP contribution in [0.5, 0.6) is 0 Å². The van der Waals surface area contributed by atoms with E-state index in [9.17, 15) is 4.79 Å². The van der Waals surface area contributed by atoms with Gasteiger partial charge in [-0.05, 0) is 32.0 Å². The van der Waals surface area contributed by atoms with Crippen molar-refractivity contribution >= 4 is 23.2 Å². The molecular weight excluding hydrogens is 236 g/mol. The predicted molar refractivity (Wildman–Crippen MR) is 66.6 cm³/mol. The van der Waals surface area contributed by atoms with Crippen molar-refractivity contribution in [3.8, 4) is 6.07 Å². The third kappa shape index (κ3) is 1.98. The molecule has 2 saturated heterocycles. The Morgan fingerprint density at radius 2 is 2.35 bits per heavy atom. The van der Waals surface area contributed by atoms with E-state index in [1.807, 2.05) is 16.7 Å². The molecule has 2 aliphatic rings. The summed E-state index contributed by atoms with van der Waals surface area (Å²) in [6.45, 7) is 3.79. The number of likely N-dealkylation sites (N-methyl/N-ethyl adjacent to an activating group) is 1. The second kappa shape index (κ2) is 4.72. The number of nitrogens with zero attached hydrogens (tertiary/aromatic N) is 3. The average Bonchev–Trinajstić information content (AvgIpc) is 2.83. The molecule has 2 fully saturated rings. The maximum absolute atomic E-state index is 11.9. The highest BCUT2D eigenvalue weighted by Gasteiger charge is 2.34. The van der Waals surface area contributed by atoms with Crippen LogP contribution in [0.4, 0.5) is 0 Å². The molecule has 0 aliphatic carbocycles. The van der Waals surface area contributed by atoms with Gasteiger partial charge in [0.2, 0.25) is 0 Å². The molecule has 17 heavy (non-hydrogen) atoms. The van der Waals surface area contributed by atoms with Crippen LogP contribution in [-0.2, 0) is 4.79 Å². The fraction of sp³-hybridized carbons (Fsp3) is 0.545. The summed E-state index contributed by atoms with van der Waals surface area (Å²) in [5.74, 6) is -0.142. The van der Waals surface area contributed by atoms with Gasteiger partial charge >= 0.3 is 0 Å². The molecule has 2 heterocycles. The van der Waals surface area contributed by atoms with E-state index in [4.69, 9.17) is 17.5 Å². The molecule has 0 aromatic carbocycles. The lowest BCUT2D eigenvalue weighted by molar-refractivity contribution is -0.116. The lowest BCUT2D eigenvalue weighted by atomic mass is 10.2. The summed E-state index contributed by atoms with van der Waals surface area (Å²) in [6, 6.07) is 2.13. The summed E-state index contributed by atoms with van der Waals surface area (Å²) in [5, 5.41) is 11.9. The molecule has 0 unspecified atom stereocenters. The number of carbonyl (C=O) groups is 1. The van der Waals surface area contributed by atoms with Gasteiger partial charge < -0.3 is 9.80 Å². The van der Waals surface area contributed by atoms with E-state index in [1.54, 1.807) is 0 Å². The van der Waals surface area contributed by atoms with Crippen LogP contribution in [-0.4, -0.2) is 40.5 Å². The van der Waals surface area contributed by atoms with Crippen molar-refractivity contribution in [3.63, 3.8) is 0 Å². The van der Waals surface area contributed by atoms with Gasteiger partial charge in [-0.2, -0.15) is 5.26 Å². The highest BCUT2D eigenvalue weighted by molar-refractivity contribution is 7.80. The summed E-state index contributed by atoms with van der Waals surface area (Å²) < 4.78 is 0. The molecule has 0 aromatic heterocycles. The van der Waals surface area contributed by atoms with Crippen molar-refractivity contribution in [3.05, 3.63) is 11.4 Å². The number of rotatable bonds is 2. The fourth-order valence-electron chi connectivity index (χ4n) is 2.29. The number of thiocarbonyl (C=S) groups is 1. The van der Waals surface area contributed by atoms with Gasteiger partial charge in [0.25, 0.3) is 5.91 Å². The van der Waals surface area contributed by atoms with Crippen molar-refractivity contribution in [2.24, 2.45) is 0 Å². The molecule has 6 heteroatoms. The van der Waals surface area contributed by atoms with Gasteiger partial charge in [0.15, 0.2) is 5.11 Å². The smallest absolute Gasteiger partial charge is 0.275 e. The number of carbonyl (C=O) groups excluding carboxylic acids is 1. The SMILES string of the molecule is CCN1C(=S)NC(=O)C1=C1CCCN1CC#N. The summed E-state index contributed by atoms with van der Waals surface area (Å²) in [6.07, 6.45) is 1.82. The van der Waals surface area contributed by atoms with Crippen molar-refractivity contribution < 1.29 is 4.79 Å². The Kier molecular flexibility index (Phi) is 3.29. The van der Waals surface area contributed by atoms with Crippen LogP contribution in [0.1, 0.15) is 19.8 Å². The topological polar surface area (TPSA) is 59.4 Å². The van der Waals surface area contributed by atoms with E-state index >= 15 is 0 Å². The Morgan fingerprint density at radius 1 is 1.59 bits per heavy atom. The zero-order valence-corrected chi connectivity index (χ0v) is 10.5. The second-order valence-electron chi connectivity index (χ2n) is 3.98. The zero-order chi connectivity index (χ0) is 12.4. The van der Waals surface area contributed by atoms with Gasteiger partial charge in [-0.1, -0.05) is 0 Å². The van der Waals surface area contributed by atoms with E-state index < -0.39 is 0 Å². The number of allylic oxidation sites excluding steroid dienone is 1. The Labute approximate surface area is 106 Å². The number of nitriles is 1. The Hall–Kier alpha value is -1.61. The number of nitrogens with one attached hydrogen (secondary N) is 1. The largest absolute Gasteiger partial charge is 0.360 e. The molecule has 0 atom stereocenters. The average molecular weight is 250 g/mol. The predicted octanol–water partition coefficient (Wildman–Crippen LogP) is 0.554. The fourth-order valence-corrected chi connectivity index (χ4v) is 2.61. The van der Waals surface area contributed by atoms with Crippen LogP contribution in [0.3, 0.4) is 0 Å². The van der Waals surface area contributed by atoms with Crippen molar-refractivity contribution in [2.75, 3.05) is 19.6 Å². The summed E-state index contributed by atoms with van der Waals surface area (Å²) in [4.78, 5) is 15.7. The van der Waals surface area contributed by atoms with Gasteiger partial charge in [0.1, 0.15) is 12.2 Å². The van der Waals surface area contributed by atoms with E-state index in [-0.39, 0.29) is 5.91 Å². The molecular formula is C11H14N4OS.